The fraction of sp³-hybridized carbons (Fsp3) is 0.346. The number of nitrogens with one attached hydrogen (secondary N) is 1. The van der Waals surface area contributed by atoms with Gasteiger partial charge in [0.25, 0.3) is 0 Å². The summed E-state index contributed by atoms with van der Waals surface area (Å²) < 4.78 is 12.6. The van der Waals surface area contributed by atoms with E-state index >= 15 is 0 Å². The average molecular weight is 446 g/mol. The van der Waals surface area contributed by atoms with Crippen molar-refractivity contribution in [3.8, 4) is 0 Å². The smallest absolute Gasteiger partial charge is 0.412 e. The zero-order valence-electron chi connectivity index (χ0n) is 18.5. The molecule has 7 heteroatoms. The lowest BCUT2D eigenvalue weighted by molar-refractivity contribution is -0.155. The fourth-order valence-corrected chi connectivity index (χ4v) is 4.79. The minimum absolute atomic E-state index is 0.0824. The molecule has 1 aromatic heterocycles. The highest BCUT2D eigenvalue weighted by atomic mass is 16.6. The summed E-state index contributed by atoms with van der Waals surface area (Å²) in [4.78, 5) is 25.8. The molecule has 33 heavy (non-hydrogen) atoms. The first-order chi connectivity index (χ1) is 16.2. The van der Waals surface area contributed by atoms with Gasteiger partial charge in [-0.1, -0.05) is 36.4 Å². The van der Waals surface area contributed by atoms with Crippen molar-refractivity contribution < 1.29 is 19.1 Å². The second-order valence-corrected chi connectivity index (χ2v) is 8.57. The van der Waals surface area contributed by atoms with Crippen LogP contribution < -0.4 is 5.32 Å². The summed E-state index contributed by atoms with van der Waals surface area (Å²) in [6, 6.07) is 13.5. The third-order valence-electron chi connectivity index (χ3n) is 6.35. The van der Waals surface area contributed by atoms with Crippen LogP contribution in [0.15, 0.2) is 54.9 Å². The molecular formula is C26H27N3O4. The molecule has 2 aliphatic rings. The van der Waals surface area contributed by atoms with E-state index in [1.807, 2.05) is 30.3 Å². The third kappa shape index (κ3) is 4.77. The van der Waals surface area contributed by atoms with Gasteiger partial charge in [0.1, 0.15) is 6.61 Å². The van der Waals surface area contributed by atoms with E-state index < -0.39 is 18.2 Å². The molecule has 5 rings (SSSR count). The van der Waals surface area contributed by atoms with Crippen molar-refractivity contribution in [1.29, 1.82) is 0 Å². The summed E-state index contributed by atoms with van der Waals surface area (Å²) in [5.74, 6) is -0.604. The molecule has 0 saturated carbocycles. The number of hydrogen-bond acceptors (Lipinski definition) is 5. The minimum atomic E-state index is -1.11. The zero-order valence-corrected chi connectivity index (χ0v) is 18.5. The van der Waals surface area contributed by atoms with Crippen LogP contribution in [0.3, 0.4) is 0 Å². The maximum atomic E-state index is 13.0. The number of rotatable bonds is 7. The number of aryl methyl sites for hydroxylation is 2. The van der Waals surface area contributed by atoms with E-state index in [1.165, 1.54) is 22.3 Å². The number of anilines is 1. The van der Waals surface area contributed by atoms with Crippen molar-refractivity contribution in [3.05, 3.63) is 82.7 Å². The number of nitrogens with zero attached hydrogens (tertiary/aromatic N) is 2. The molecule has 170 valence electrons. The van der Waals surface area contributed by atoms with Gasteiger partial charge >= 0.3 is 12.1 Å². The van der Waals surface area contributed by atoms with E-state index in [4.69, 9.17) is 9.47 Å². The molecule has 0 radical (unpaired) electrons. The van der Waals surface area contributed by atoms with Crippen LogP contribution in [-0.4, -0.2) is 27.9 Å². The SMILES string of the molecule is O=C(Nc1c2c(cc3c1CCC3)CCC2)OC(Cn1cccn1)C(=O)OCc1ccccc1. The fourth-order valence-electron chi connectivity index (χ4n) is 4.79. The van der Waals surface area contributed by atoms with Crippen LogP contribution >= 0.6 is 0 Å². The summed E-state index contributed by atoms with van der Waals surface area (Å²) in [7, 11) is 0. The van der Waals surface area contributed by atoms with Gasteiger partial charge in [0.2, 0.25) is 6.10 Å². The normalized spacial score (nSPS) is 14.9. The molecule has 3 aromatic rings. The number of amides is 1. The van der Waals surface area contributed by atoms with Crippen molar-refractivity contribution in [3.63, 3.8) is 0 Å². The summed E-state index contributed by atoms with van der Waals surface area (Å²) >= 11 is 0. The van der Waals surface area contributed by atoms with E-state index in [9.17, 15) is 9.59 Å². The zero-order chi connectivity index (χ0) is 22.6. The maximum absolute atomic E-state index is 13.0. The van der Waals surface area contributed by atoms with Crippen LogP contribution in [0.1, 0.15) is 40.7 Å². The lowest BCUT2D eigenvalue weighted by Crippen LogP contribution is -2.35. The van der Waals surface area contributed by atoms with Crippen molar-refractivity contribution in [2.24, 2.45) is 0 Å². The lowest BCUT2D eigenvalue weighted by atomic mass is 9.99. The minimum Gasteiger partial charge on any atom is -0.458 e. The Bertz CT molecular complexity index is 1110. The molecule has 1 N–H and O–H groups in total. The van der Waals surface area contributed by atoms with Crippen molar-refractivity contribution >= 4 is 17.7 Å². The van der Waals surface area contributed by atoms with E-state index in [2.05, 4.69) is 16.5 Å². The first-order valence-corrected chi connectivity index (χ1v) is 11.5. The Morgan fingerprint density at radius 2 is 1.73 bits per heavy atom. The molecule has 2 aromatic carbocycles. The predicted molar refractivity (Wildman–Crippen MR) is 123 cm³/mol. The van der Waals surface area contributed by atoms with E-state index in [0.29, 0.717) is 0 Å². The van der Waals surface area contributed by atoms with Gasteiger partial charge in [-0.2, -0.15) is 5.10 Å². The Kier molecular flexibility index (Phi) is 6.11. The number of fused-ring (bicyclic) bond motifs is 2. The summed E-state index contributed by atoms with van der Waals surface area (Å²) in [5, 5.41) is 7.12. The van der Waals surface area contributed by atoms with Gasteiger partial charge in [0, 0.05) is 12.4 Å². The van der Waals surface area contributed by atoms with Crippen molar-refractivity contribution in [2.45, 2.75) is 57.8 Å². The summed E-state index contributed by atoms with van der Waals surface area (Å²) in [6.45, 7) is 0.193. The highest BCUT2D eigenvalue weighted by Gasteiger charge is 2.29. The third-order valence-corrected chi connectivity index (χ3v) is 6.35. The Morgan fingerprint density at radius 3 is 2.39 bits per heavy atom. The number of hydrogen-bond donors (Lipinski definition) is 1. The van der Waals surface area contributed by atoms with Gasteiger partial charge in [-0.05, 0) is 72.4 Å². The quantitative estimate of drug-likeness (QED) is 0.551. The highest BCUT2D eigenvalue weighted by Crippen LogP contribution is 2.38. The summed E-state index contributed by atoms with van der Waals surface area (Å²) in [5.41, 5.74) is 6.81. The number of carbonyl (C=O) groups is 2. The molecule has 0 spiro atoms. The molecule has 1 heterocycles. The van der Waals surface area contributed by atoms with Gasteiger partial charge in [0.05, 0.1) is 12.2 Å². The number of ether oxygens (including phenoxy) is 2. The van der Waals surface area contributed by atoms with Crippen molar-refractivity contribution in [1.82, 2.24) is 9.78 Å². The second kappa shape index (κ2) is 9.48. The van der Waals surface area contributed by atoms with E-state index in [-0.39, 0.29) is 13.2 Å². The molecule has 1 amide bonds. The van der Waals surface area contributed by atoms with Crippen LogP contribution in [0.4, 0.5) is 10.5 Å². The van der Waals surface area contributed by atoms with Crippen LogP contribution in [0, 0.1) is 0 Å². The van der Waals surface area contributed by atoms with E-state index in [0.717, 1.165) is 49.8 Å². The lowest BCUT2D eigenvalue weighted by Gasteiger charge is -2.20. The van der Waals surface area contributed by atoms with Crippen molar-refractivity contribution in [2.75, 3.05) is 5.32 Å². The number of carbonyl (C=O) groups excluding carboxylic acids is 2. The number of benzene rings is 2. The molecule has 0 fully saturated rings. The van der Waals surface area contributed by atoms with Crippen LogP contribution in [0.25, 0.3) is 0 Å². The van der Waals surface area contributed by atoms with Gasteiger partial charge < -0.3 is 9.47 Å². The Labute approximate surface area is 192 Å². The van der Waals surface area contributed by atoms with Crippen LogP contribution in [0.5, 0.6) is 0 Å². The standard InChI is InChI=1S/C26H27N3O4/c30-25(32-17-18-7-2-1-3-8-18)23(16-29-14-6-13-27-29)33-26(31)28-24-21-11-4-9-19(21)15-20-10-5-12-22(20)24/h1-3,6-8,13-15,23H,4-5,9-12,16-17H2,(H,28,31). The molecular weight excluding hydrogens is 418 g/mol. The summed E-state index contributed by atoms with van der Waals surface area (Å²) in [6.07, 6.45) is 7.75. The molecule has 0 bridgehead atoms. The van der Waals surface area contributed by atoms with Gasteiger partial charge in [-0.25, -0.2) is 9.59 Å². The molecule has 7 nitrogen and oxygen atoms in total. The Hall–Kier alpha value is -3.61. The average Bonchev–Trinajstić information content (AvgIpc) is 3.59. The molecule has 1 atom stereocenters. The first kappa shape index (κ1) is 21.2. The molecule has 1 unspecified atom stereocenters. The number of aromatic nitrogens is 2. The molecule has 0 saturated heterocycles. The Morgan fingerprint density at radius 1 is 1.00 bits per heavy atom. The monoisotopic (exact) mass is 445 g/mol. The number of esters is 1. The van der Waals surface area contributed by atoms with E-state index in [1.54, 1.807) is 23.1 Å². The maximum Gasteiger partial charge on any atom is 0.412 e. The van der Waals surface area contributed by atoms with Crippen LogP contribution in [0.2, 0.25) is 0 Å². The second-order valence-electron chi connectivity index (χ2n) is 8.57. The predicted octanol–water partition coefficient (Wildman–Crippen LogP) is 4.22. The first-order valence-electron chi connectivity index (χ1n) is 11.5. The van der Waals surface area contributed by atoms with Crippen LogP contribution in [-0.2, 0) is 53.1 Å². The topological polar surface area (TPSA) is 82.5 Å². The molecule has 0 aliphatic heterocycles. The molecule has 2 aliphatic carbocycles. The van der Waals surface area contributed by atoms with Gasteiger partial charge in [0.15, 0.2) is 0 Å². The Balaban J connectivity index is 1.31. The van der Waals surface area contributed by atoms with Gasteiger partial charge in [-0.15, -0.1) is 0 Å². The highest BCUT2D eigenvalue weighted by molar-refractivity contribution is 5.90. The van der Waals surface area contributed by atoms with Gasteiger partial charge in [-0.3, -0.25) is 10.00 Å². The largest absolute Gasteiger partial charge is 0.458 e.